The summed E-state index contributed by atoms with van der Waals surface area (Å²) in [6, 6.07) is 13.1. The number of imidazole rings is 1. The van der Waals surface area contributed by atoms with Gasteiger partial charge in [0.15, 0.2) is 9.84 Å². The van der Waals surface area contributed by atoms with Gasteiger partial charge in [-0.25, -0.2) is 17.4 Å². The number of fused-ring (bicyclic) bond motifs is 1. The second-order valence-corrected chi connectivity index (χ2v) is 6.82. The molecule has 0 bridgehead atoms. The standard InChI is InChI=1S/C15H15N2O2S/c1-20(18,19)14-7-5-13(6-8-14)12-17-11-10-16-9-3-2-4-15(16)17/h2-11H,12H2,1H3/q+1. The number of pyridine rings is 1. The lowest BCUT2D eigenvalue weighted by Gasteiger charge is -2.01. The molecule has 0 fully saturated rings. The first-order chi connectivity index (χ1) is 9.54. The van der Waals surface area contributed by atoms with E-state index in [0.717, 1.165) is 11.2 Å². The molecule has 0 atom stereocenters. The Morgan fingerprint density at radius 1 is 1.05 bits per heavy atom. The van der Waals surface area contributed by atoms with E-state index in [4.69, 9.17) is 0 Å². The van der Waals surface area contributed by atoms with Crippen LogP contribution in [-0.4, -0.2) is 19.1 Å². The zero-order chi connectivity index (χ0) is 14.2. The van der Waals surface area contributed by atoms with E-state index < -0.39 is 9.84 Å². The van der Waals surface area contributed by atoms with Gasteiger partial charge in [-0.05, 0) is 23.8 Å². The SMILES string of the molecule is CS(=O)(=O)c1ccc(C[n+]2ccn3ccccc32)cc1. The lowest BCUT2D eigenvalue weighted by molar-refractivity contribution is -0.661. The maximum atomic E-state index is 11.4. The van der Waals surface area contributed by atoms with Crippen molar-refractivity contribution in [3.63, 3.8) is 0 Å². The average Bonchev–Trinajstić information content (AvgIpc) is 2.82. The van der Waals surface area contributed by atoms with Crippen LogP contribution in [0, 0.1) is 0 Å². The molecule has 5 heteroatoms. The molecule has 0 aliphatic carbocycles. The van der Waals surface area contributed by atoms with Crippen LogP contribution in [0.2, 0.25) is 0 Å². The average molecular weight is 287 g/mol. The van der Waals surface area contributed by atoms with Crippen LogP contribution in [-0.2, 0) is 16.4 Å². The molecule has 0 spiro atoms. The predicted molar refractivity (Wildman–Crippen MR) is 76.2 cm³/mol. The molecule has 0 unspecified atom stereocenters. The Balaban J connectivity index is 1.92. The van der Waals surface area contributed by atoms with Gasteiger partial charge in [-0.3, -0.25) is 0 Å². The van der Waals surface area contributed by atoms with Gasteiger partial charge in [0.1, 0.15) is 18.9 Å². The fourth-order valence-corrected chi connectivity index (χ4v) is 2.85. The summed E-state index contributed by atoms with van der Waals surface area (Å²) in [5.74, 6) is 0. The Morgan fingerprint density at radius 3 is 2.50 bits per heavy atom. The molecule has 0 saturated carbocycles. The highest BCUT2D eigenvalue weighted by molar-refractivity contribution is 7.90. The van der Waals surface area contributed by atoms with E-state index in [1.165, 1.54) is 6.26 Å². The Kier molecular flexibility index (Phi) is 3.06. The highest BCUT2D eigenvalue weighted by Crippen LogP contribution is 2.10. The molecule has 0 N–H and O–H groups in total. The molecule has 0 radical (unpaired) electrons. The maximum absolute atomic E-state index is 11.4. The molecule has 2 aromatic heterocycles. The number of aromatic nitrogens is 2. The van der Waals surface area contributed by atoms with Crippen molar-refractivity contribution in [1.82, 2.24) is 4.40 Å². The number of rotatable bonds is 3. The minimum absolute atomic E-state index is 0.355. The van der Waals surface area contributed by atoms with E-state index in [1.54, 1.807) is 12.1 Å². The van der Waals surface area contributed by atoms with Crippen molar-refractivity contribution in [2.45, 2.75) is 11.4 Å². The predicted octanol–water partition coefficient (Wildman–Crippen LogP) is 1.68. The third-order valence-electron chi connectivity index (χ3n) is 3.27. The van der Waals surface area contributed by atoms with Gasteiger partial charge in [0.25, 0.3) is 5.65 Å². The number of hydrogen-bond donors (Lipinski definition) is 0. The van der Waals surface area contributed by atoms with Gasteiger partial charge in [-0.2, -0.15) is 0 Å². The quantitative estimate of drug-likeness (QED) is 0.688. The summed E-state index contributed by atoms with van der Waals surface area (Å²) in [4.78, 5) is 0.355. The molecule has 4 nitrogen and oxygen atoms in total. The zero-order valence-corrected chi connectivity index (χ0v) is 11.9. The fraction of sp³-hybridized carbons (Fsp3) is 0.133. The van der Waals surface area contributed by atoms with Crippen LogP contribution in [0.25, 0.3) is 5.65 Å². The first kappa shape index (κ1) is 12.9. The van der Waals surface area contributed by atoms with E-state index in [2.05, 4.69) is 4.57 Å². The highest BCUT2D eigenvalue weighted by atomic mass is 32.2. The van der Waals surface area contributed by atoms with Crippen LogP contribution in [0.15, 0.2) is 66.0 Å². The second-order valence-electron chi connectivity index (χ2n) is 4.81. The number of sulfone groups is 1. The van der Waals surface area contributed by atoms with Crippen molar-refractivity contribution in [3.8, 4) is 0 Å². The Bertz CT molecular complexity index is 849. The van der Waals surface area contributed by atoms with E-state index in [-0.39, 0.29) is 0 Å². The molecule has 0 aliphatic heterocycles. The molecule has 102 valence electrons. The van der Waals surface area contributed by atoms with Gasteiger partial charge in [0, 0.05) is 12.3 Å². The third kappa shape index (κ3) is 2.44. The number of nitrogens with zero attached hydrogens (tertiary/aromatic N) is 2. The Morgan fingerprint density at radius 2 is 1.80 bits per heavy atom. The summed E-state index contributed by atoms with van der Waals surface area (Å²) in [6.07, 6.45) is 7.23. The smallest absolute Gasteiger partial charge is 0.226 e. The molecule has 0 saturated heterocycles. The van der Waals surface area contributed by atoms with Crippen molar-refractivity contribution >= 4 is 15.5 Å². The van der Waals surface area contributed by atoms with E-state index in [0.29, 0.717) is 11.4 Å². The van der Waals surface area contributed by atoms with Gasteiger partial charge in [0.05, 0.1) is 11.1 Å². The summed E-state index contributed by atoms with van der Waals surface area (Å²) >= 11 is 0. The topological polar surface area (TPSA) is 42.4 Å². The molecular weight excluding hydrogens is 272 g/mol. The molecule has 1 aromatic carbocycles. The van der Waals surface area contributed by atoms with Gasteiger partial charge in [-0.15, -0.1) is 0 Å². The van der Waals surface area contributed by atoms with Crippen LogP contribution in [0.4, 0.5) is 0 Å². The summed E-state index contributed by atoms with van der Waals surface area (Å²) in [5, 5.41) is 0. The van der Waals surface area contributed by atoms with Crippen LogP contribution in [0.1, 0.15) is 5.56 Å². The molecule has 3 rings (SSSR count). The van der Waals surface area contributed by atoms with Crippen molar-refractivity contribution < 1.29 is 13.0 Å². The summed E-state index contributed by atoms with van der Waals surface area (Å²) in [7, 11) is -3.13. The zero-order valence-electron chi connectivity index (χ0n) is 11.1. The Hall–Kier alpha value is -2.14. The van der Waals surface area contributed by atoms with E-state index in [1.807, 2.05) is 53.3 Å². The summed E-state index contributed by atoms with van der Waals surface area (Å²) < 4.78 is 27.0. The van der Waals surface area contributed by atoms with E-state index in [9.17, 15) is 8.42 Å². The maximum Gasteiger partial charge on any atom is 0.286 e. The molecule has 2 heterocycles. The van der Waals surface area contributed by atoms with Gasteiger partial charge >= 0.3 is 0 Å². The highest BCUT2D eigenvalue weighted by Gasteiger charge is 2.10. The molecule has 3 aromatic rings. The lowest BCUT2D eigenvalue weighted by Crippen LogP contribution is -2.32. The number of hydrogen-bond acceptors (Lipinski definition) is 2. The van der Waals surface area contributed by atoms with Crippen LogP contribution < -0.4 is 4.57 Å². The van der Waals surface area contributed by atoms with E-state index >= 15 is 0 Å². The summed E-state index contributed by atoms with van der Waals surface area (Å²) in [6.45, 7) is 0.713. The van der Waals surface area contributed by atoms with Crippen LogP contribution >= 0.6 is 0 Å². The molecule has 0 amide bonds. The van der Waals surface area contributed by atoms with Gasteiger partial charge < -0.3 is 0 Å². The first-order valence-corrected chi connectivity index (χ1v) is 8.17. The minimum Gasteiger partial charge on any atom is -0.226 e. The number of benzene rings is 1. The molecular formula is C15H15N2O2S+. The van der Waals surface area contributed by atoms with Gasteiger partial charge in [-0.1, -0.05) is 18.2 Å². The second kappa shape index (κ2) is 4.76. The van der Waals surface area contributed by atoms with Gasteiger partial charge in [0.2, 0.25) is 0 Å². The van der Waals surface area contributed by atoms with Crippen LogP contribution in [0.3, 0.4) is 0 Å². The van der Waals surface area contributed by atoms with Crippen molar-refractivity contribution in [2.24, 2.45) is 0 Å². The normalized spacial score (nSPS) is 11.8. The Labute approximate surface area is 117 Å². The van der Waals surface area contributed by atoms with Crippen molar-refractivity contribution in [2.75, 3.05) is 6.26 Å². The molecule has 20 heavy (non-hydrogen) atoms. The van der Waals surface area contributed by atoms with Crippen molar-refractivity contribution in [3.05, 3.63) is 66.6 Å². The van der Waals surface area contributed by atoms with Crippen molar-refractivity contribution in [1.29, 1.82) is 0 Å². The summed E-state index contributed by atoms with van der Waals surface area (Å²) in [5.41, 5.74) is 2.17. The minimum atomic E-state index is -3.13. The van der Waals surface area contributed by atoms with Crippen LogP contribution in [0.5, 0.6) is 0 Å². The first-order valence-electron chi connectivity index (χ1n) is 6.28. The lowest BCUT2D eigenvalue weighted by atomic mass is 10.2. The largest absolute Gasteiger partial charge is 0.286 e. The fourth-order valence-electron chi connectivity index (χ4n) is 2.22. The molecule has 0 aliphatic rings. The third-order valence-corrected chi connectivity index (χ3v) is 4.40. The monoisotopic (exact) mass is 287 g/mol.